The minimum absolute atomic E-state index is 0.0659. The minimum Gasteiger partial charge on any atom is -0.461 e. The maximum atomic E-state index is 13.1. The van der Waals surface area contributed by atoms with Gasteiger partial charge < -0.3 is 4.74 Å². The molecule has 4 aliphatic rings. The summed E-state index contributed by atoms with van der Waals surface area (Å²) in [6.07, 6.45) is 10.7. The Morgan fingerprint density at radius 3 is 2.82 bits per heavy atom. The second-order valence-electron chi connectivity index (χ2n) is 10.4. The molecular formula is C26H30FNO4S2. The fourth-order valence-electron chi connectivity index (χ4n) is 7.56. The summed E-state index contributed by atoms with van der Waals surface area (Å²) in [6.45, 7) is 4.22. The number of nitrogens with zero attached hydrogens (tertiary/aromatic N) is 1. The fourth-order valence-corrected chi connectivity index (χ4v) is 8.91. The number of thioether (sulfide) groups is 1. The monoisotopic (exact) mass is 503 g/mol. The van der Waals surface area contributed by atoms with Crippen LogP contribution < -0.4 is 0 Å². The van der Waals surface area contributed by atoms with Gasteiger partial charge in [0.05, 0.1) is 17.8 Å². The third-order valence-corrected chi connectivity index (χ3v) is 10.7. The number of halogens is 1. The van der Waals surface area contributed by atoms with Crippen molar-refractivity contribution < 1.29 is 23.5 Å². The van der Waals surface area contributed by atoms with Gasteiger partial charge in [0.15, 0.2) is 10.9 Å². The van der Waals surface area contributed by atoms with Gasteiger partial charge in [0.2, 0.25) is 0 Å². The van der Waals surface area contributed by atoms with E-state index in [-0.39, 0.29) is 40.7 Å². The lowest BCUT2D eigenvalue weighted by atomic mass is 9.47. The highest BCUT2D eigenvalue weighted by Gasteiger charge is 2.62. The predicted molar refractivity (Wildman–Crippen MR) is 130 cm³/mol. The summed E-state index contributed by atoms with van der Waals surface area (Å²) >= 11 is 2.02. The molecule has 5 nitrogen and oxygen atoms in total. The topological polar surface area (TPSA) is 73.3 Å². The maximum absolute atomic E-state index is 13.1. The Hall–Kier alpha value is -1.80. The van der Waals surface area contributed by atoms with E-state index < -0.39 is 11.4 Å². The maximum Gasteiger partial charge on any atom is 0.350 e. The molecule has 1 aromatic heterocycles. The molecule has 6 atom stereocenters. The van der Waals surface area contributed by atoms with Crippen LogP contribution in [0.3, 0.4) is 0 Å². The molecule has 0 spiro atoms. The van der Waals surface area contributed by atoms with Crippen LogP contribution in [0.4, 0.5) is 4.39 Å². The zero-order valence-corrected chi connectivity index (χ0v) is 21.2. The molecule has 8 heteroatoms. The summed E-state index contributed by atoms with van der Waals surface area (Å²) in [5, 5.41) is -0.112. The molecule has 5 rings (SSSR count). The number of fused-ring (bicyclic) bond motifs is 5. The second kappa shape index (κ2) is 9.01. The Morgan fingerprint density at radius 2 is 2.09 bits per heavy atom. The van der Waals surface area contributed by atoms with Crippen LogP contribution in [0.5, 0.6) is 0 Å². The molecule has 0 radical (unpaired) electrons. The Balaban J connectivity index is 1.45. The third-order valence-electron chi connectivity index (χ3n) is 9.16. The summed E-state index contributed by atoms with van der Waals surface area (Å²) in [7, 11) is 0. The fraction of sp³-hybridized carbons (Fsp3) is 0.615. The van der Waals surface area contributed by atoms with Gasteiger partial charge in [-0.2, -0.15) is 0 Å². The molecule has 3 saturated carbocycles. The van der Waals surface area contributed by atoms with Gasteiger partial charge in [0.25, 0.3) is 0 Å². The summed E-state index contributed by atoms with van der Waals surface area (Å²) in [6, 6.07) is -0.729. The molecule has 0 aromatic carbocycles. The second-order valence-corrected chi connectivity index (χ2v) is 12.2. The quantitative estimate of drug-likeness (QED) is 0.480. The molecule has 1 aromatic rings. The first kappa shape index (κ1) is 23.9. The van der Waals surface area contributed by atoms with Gasteiger partial charge in [-0.25, -0.2) is 14.2 Å². The SMILES string of the molecule is Cc1ncsc1C(=O)OC[C@]12CC[C@H]3[C@@H](CCC4=CC(=O)C=C[C@@]43C)[C@@H]1CC[C@@H]2C(=O)SCF. The Morgan fingerprint density at radius 1 is 1.26 bits per heavy atom. The highest BCUT2D eigenvalue weighted by atomic mass is 32.2. The molecule has 0 N–H and O–H groups in total. The van der Waals surface area contributed by atoms with Crippen molar-refractivity contribution in [3.8, 4) is 0 Å². The Labute approximate surface area is 207 Å². The van der Waals surface area contributed by atoms with Crippen LogP contribution >= 0.6 is 23.1 Å². The number of hydrogen-bond donors (Lipinski definition) is 0. The van der Waals surface area contributed by atoms with Gasteiger partial charge in [0, 0.05) is 16.7 Å². The van der Waals surface area contributed by atoms with Crippen molar-refractivity contribution in [3.63, 3.8) is 0 Å². The van der Waals surface area contributed by atoms with E-state index in [4.69, 9.17) is 4.74 Å². The summed E-state index contributed by atoms with van der Waals surface area (Å²) in [5.41, 5.74) is 2.90. The van der Waals surface area contributed by atoms with Crippen LogP contribution in [-0.2, 0) is 14.3 Å². The third kappa shape index (κ3) is 3.72. The molecule has 0 saturated heterocycles. The number of hydrogen-bond acceptors (Lipinski definition) is 7. The first-order valence-corrected chi connectivity index (χ1v) is 13.9. The van der Waals surface area contributed by atoms with E-state index in [0.717, 1.165) is 43.9 Å². The van der Waals surface area contributed by atoms with E-state index >= 15 is 0 Å². The lowest BCUT2D eigenvalue weighted by molar-refractivity contribution is -0.126. The van der Waals surface area contributed by atoms with Crippen molar-refractivity contribution in [2.75, 3.05) is 12.6 Å². The van der Waals surface area contributed by atoms with Crippen molar-refractivity contribution in [1.29, 1.82) is 0 Å². The van der Waals surface area contributed by atoms with E-state index in [1.54, 1.807) is 18.5 Å². The molecule has 0 bridgehead atoms. The summed E-state index contributed by atoms with van der Waals surface area (Å²) in [5.74, 6) is 0.378. The van der Waals surface area contributed by atoms with E-state index in [2.05, 4.69) is 18.0 Å². The largest absolute Gasteiger partial charge is 0.461 e. The molecular weight excluding hydrogens is 473 g/mol. The van der Waals surface area contributed by atoms with Crippen LogP contribution in [0, 0.1) is 41.4 Å². The number of aromatic nitrogens is 1. The number of aryl methyl sites for hydroxylation is 1. The van der Waals surface area contributed by atoms with Gasteiger partial charge in [-0.3, -0.25) is 9.59 Å². The van der Waals surface area contributed by atoms with Gasteiger partial charge in [-0.05, 0) is 75.4 Å². The normalized spacial score (nSPS) is 36.3. The first-order valence-electron chi connectivity index (χ1n) is 12.0. The van der Waals surface area contributed by atoms with Crippen molar-refractivity contribution in [2.24, 2.45) is 34.5 Å². The zero-order valence-electron chi connectivity index (χ0n) is 19.6. The van der Waals surface area contributed by atoms with Crippen molar-refractivity contribution in [1.82, 2.24) is 4.98 Å². The zero-order chi connectivity index (χ0) is 24.1. The van der Waals surface area contributed by atoms with Crippen LogP contribution in [0.25, 0.3) is 0 Å². The van der Waals surface area contributed by atoms with Gasteiger partial charge in [-0.15, -0.1) is 11.3 Å². The lowest BCUT2D eigenvalue weighted by Gasteiger charge is -2.57. The first-order chi connectivity index (χ1) is 16.3. The molecule has 4 aliphatic carbocycles. The van der Waals surface area contributed by atoms with Crippen LogP contribution in [-0.4, -0.2) is 34.5 Å². The molecule has 34 heavy (non-hydrogen) atoms. The Bertz CT molecular complexity index is 1080. The number of thiazole rings is 1. The number of allylic oxidation sites excluding steroid dienone is 4. The Kier molecular flexibility index (Phi) is 6.34. The number of ether oxygens (including phenoxy) is 1. The van der Waals surface area contributed by atoms with Gasteiger partial charge >= 0.3 is 5.97 Å². The van der Waals surface area contributed by atoms with Crippen LogP contribution in [0.15, 0.2) is 29.3 Å². The van der Waals surface area contributed by atoms with Crippen LogP contribution in [0.2, 0.25) is 0 Å². The van der Waals surface area contributed by atoms with E-state index in [1.807, 2.05) is 6.08 Å². The molecule has 0 unspecified atom stereocenters. The van der Waals surface area contributed by atoms with E-state index in [0.29, 0.717) is 28.8 Å². The van der Waals surface area contributed by atoms with Gasteiger partial charge in [-0.1, -0.05) is 30.3 Å². The van der Waals surface area contributed by atoms with E-state index in [9.17, 15) is 18.8 Å². The number of ketones is 1. The highest BCUT2D eigenvalue weighted by molar-refractivity contribution is 8.13. The highest BCUT2D eigenvalue weighted by Crippen LogP contribution is 2.66. The van der Waals surface area contributed by atoms with Crippen molar-refractivity contribution in [3.05, 3.63) is 39.9 Å². The standard InChI is InChI=1S/C26H30FNO4S2/c1-15-22(34-14-28-15)23(30)32-12-26-10-8-19-18(20(26)5-6-21(26)24(31)33-13-27)4-3-16-11-17(29)7-9-25(16,19)2/h7,9,11,14,18-21H,3-6,8,10,12-13H2,1-2H3/t18-,19+,20+,21-,25+,26-/m1/s1. The predicted octanol–water partition coefficient (Wildman–Crippen LogP) is 5.70. The van der Waals surface area contributed by atoms with Gasteiger partial charge in [0.1, 0.15) is 10.9 Å². The number of carbonyl (C=O) groups excluding carboxylic acids is 3. The molecule has 0 aliphatic heterocycles. The lowest BCUT2D eigenvalue weighted by Crippen LogP contribution is -2.53. The molecule has 0 amide bonds. The molecule has 1 heterocycles. The average molecular weight is 504 g/mol. The number of alkyl halides is 1. The average Bonchev–Trinajstić information content (AvgIpc) is 3.42. The number of esters is 1. The summed E-state index contributed by atoms with van der Waals surface area (Å²) in [4.78, 5) is 42.6. The number of rotatable bonds is 5. The van der Waals surface area contributed by atoms with Crippen molar-refractivity contribution >= 4 is 40.0 Å². The van der Waals surface area contributed by atoms with Crippen molar-refractivity contribution in [2.45, 2.75) is 52.4 Å². The number of carbonyl (C=O) groups is 3. The van der Waals surface area contributed by atoms with Crippen LogP contribution in [0.1, 0.15) is 60.8 Å². The molecule has 3 fully saturated rings. The minimum atomic E-state index is -0.729. The molecule has 182 valence electrons. The smallest absolute Gasteiger partial charge is 0.350 e. The van der Waals surface area contributed by atoms with E-state index in [1.165, 1.54) is 16.9 Å². The summed E-state index contributed by atoms with van der Waals surface area (Å²) < 4.78 is 19.0.